The molecule has 2 aromatic carbocycles. The molecule has 0 aliphatic carbocycles. The number of fused-ring (bicyclic) bond motifs is 1. The molecule has 0 aliphatic rings. The Kier molecular flexibility index (Phi) is 6.46. The minimum Gasteiger partial charge on any atom is -0.383 e. The summed E-state index contributed by atoms with van der Waals surface area (Å²) in [6, 6.07) is 7.47. The van der Waals surface area contributed by atoms with Gasteiger partial charge in [0, 0.05) is 29.9 Å². The Balaban J connectivity index is 1.52. The number of nitrogens with one attached hydrogen (secondary N) is 2. The molecule has 0 radical (unpaired) electrons. The minimum absolute atomic E-state index is 0.0763. The molecule has 11 heteroatoms. The number of methoxy groups -OCH3 is 1. The van der Waals surface area contributed by atoms with Gasteiger partial charge in [-0.3, -0.25) is 9.67 Å². The van der Waals surface area contributed by atoms with Crippen molar-refractivity contribution in [3.8, 4) is 11.1 Å². The first-order chi connectivity index (χ1) is 16.3. The largest absolute Gasteiger partial charge is 0.416 e. The number of nitrogens with zero attached hydrogens (tertiary/aromatic N) is 3. The van der Waals surface area contributed by atoms with Crippen LogP contribution in [0.5, 0.6) is 0 Å². The fourth-order valence-corrected chi connectivity index (χ4v) is 3.42. The summed E-state index contributed by atoms with van der Waals surface area (Å²) in [6.07, 6.45) is 0.363. The van der Waals surface area contributed by atoms with Crippen molar-refractivity contribution < 1.29 is 27.1 Å². The zero-order chi connectivity index (χ0) is 24.3. The Hall–Kier alpha value is -3.99. The van der Waals surface area contributed by atoms with Crippen molar-refractivity contribution in [2.24, 2.45) is 0 Å². The summed E-state index contributed by atoms with van der Waals surface area (Å²) in [5.41, 5.74) is 0.814. The smallest absolute Gasteiger partial charge is 0.383 e. The van der Waals surface area contributed by atoms with Gasteiger partial charge in [-0.1, -0.05) is 12.1 Å². The van der Waals surface area contributed by atoms with E-state index in [1.54, 1.807) is 36.4 Å². The highest BCUT2D eigenvalue weighted by molar-refractivity contribution is 6.00. The average Bonchev–Trinajstić information content (AvgIpc) is 3.22. The van der Waals surface area contributed by atoms with Gasteiger partial charge in [0.2, 0.25) is 0 Å². The number of aromatic nitrogens is 3. The second kappa shape index (κ2) is 9.48. The summed E-state index contributed by atoms with van der Waals surface area (Å²) in [5, 5.41) is 9.68. The fourth-order valence-electron chi connectivity index (χ4n) is 3.42. The van der Waals surface area contributed by atoms with Crippen LogP contribution in [0.15, 0.2) is 61.1 Å². The molecule has 4 rings (SSSR count). The Labute approximate surface area is 191 Å². The van der Waals surface area contributed by atoms with Crippen molar-refractivity contribution in [2.45, 2.75) is 12.7 Å². The molecule has 2 N–H and O–H groups in total. The molecule has 0 atom stereocenters. The molecular formula is C23H19F4N5O2. The zero-order valence-electron chi connectivity index (χ0n) is 17.9. The van der Waals surface area contributed by atoms with Crippen LogP contribution in [-0.2, 0) is 17.5 Å². The Bertz CT molecular complexity index is 1340. The third-order valence-electron chi connectivity index (χ3n) is 5.05. The van der Waals surface area contributed by atoms with Gasteiger partial charge in [-0.2, -0.15) is 18.3 Å². The number of hydrogen-bond donors (Lipinski definition) is 2. The number of ether oxygens (including phenoxy) is 1. The van der Waals surface area contributed by atoms with Gasteiger partial charge in [-0.15, -0.1) is 0 Å². The summed E-state index contributed by atoms with van der Waals surface area (Å²) in [5.74, 6) is -0.722. The van der Waals surface area contributed by atoms with E-state index in [9.17, 15) is 22.4 Å². The number of urea groups is 1. The Morgan fingerprint density at radius 3 is 2.65 bits per heavy atom. The SMILES string of the molecule is COCCn1ncc2c(-c3ccc(NC(=O)Nc4cccc(C(F)(F)F)c4)c(F)c3)cncc21. The van der Waals surface area contributed by atoms with Gasteiger partial charge in [0.25, 0.3) is 0 Å². The number of pyridine rings is 1. The van der Waals surface area contributed by atoms with E-state index in [2.05, 4.69) is 20.7 Å². The second-order valence-electron chi connectivity index (χ2n) is 7.33. The minimum atomic E-state index is -4.55. The first-order valence-electron chi connectivity index (χ1n) is 10.1. The molecule has 0 aliphatic heterocycles. The van der Waals surface area contributed by atoms with Gasteiger partial charge in [-0.25, -0.2) is 9.18 Å². The normalized spacial score (nSPS) is 11.6. The van der Waals surface area contributed by atoms with Crippen LogP contribution in [0.4, 0.5) is 33.7 Å². The van der Waals surface area contributed by atoms with Crippen molar-refractivity contribution in [3.05, 3.63) is 72.4 Å². The Morgan fingerprint density at radius 1 is 1.09 bits per heavy atom. The van der Waals surface area contributed by atoms with Crippen molar-refractivity contribution in [1.82, 2.24) is 14.8 Å². The molecule has 176 valence electrons. The van der Waals surface area contributed by atoms with Crippen LogP contribution < -0.4 is 10.6 Å². The first kappa shape index (κ1) is 23.2. The highest BCUT2D eigenvalue weighted by Gasteiger charge is 2.30. The maximum absolute atomic E-state index is 14.8. The molecule has 0 saturated heterocycles. The van der Waals surface area contributed by atoms with E-state index in [1.165, 1.54) is 24.3 Å². The van der Waals surface area contributed by atoms with Gasteiger partial charge in [0.15, 0.2) is 0 Å². The van der Waals surface area contributed by atoms with E-state index >= 15 is 0 Å². The maximum Gasteiger partial charge on any atom is 0.416 e. The summed E-state index contributed by atoms with van der Waals surface area (Å²) < 4.78 is 60.1. The van der Waals surface area contributed by atoms with Gasteiger partial charge >= 0.3 is 12.2 Å². The van der Waals surface area contributed by atoms with E-state index < -0.39 is 23.6 Å². The van der Waals surface area contributed by atoms with Crippen molar-refractivity contribution >= 4 is 28.3 Å². The summed E-state index contributed by atoms with van der Waals surface area (Å²) >= 11 is 0. The van der Waals surface area contributed by atoms with Gasteiger partial charge in [0.05, 0.1) is 42.3 Å². The number of amides is 2. The number of anilines is 2. The third-order valence-corrected chi connectivity index (χ3v) is 5.05. The quantitative estimate of drug-likeness (QED) is 0.360. The molecule has 2 amide bonds. The number of benzene rings is 2. The average molecular weight is 473 g/mol. The van der Waals surface area contributed by atoms with Crippen LogP contribution in [0.1, 0.15) is 5.56 Å². The lowest BCUT2D eigenvalue weighted by atomic mass is 10.0. The van der Waals surface area contributed by atoms with Crippen molar-refractivity contribution in [2.75, 3.05) is 24.4 Å². The molecule has 0 bridgehead atoms. The summed E-state index contributed by atoms with van der Waals surface area (Å²) in [6.45, 7) is 1.00. The number of halogens is 4. The van der Waals surface area contributed by atoms with E-state index in [4.69, 9.17) is 4.74 Å². The van der Waals surface area contributed by atoms with Crippen LogP contribution in [0.3, 0.4) is 0 Å². The second-order valence-corrected chi connectivity index (χ2v) is 7.33. The molecule has 2 heterocycles. The van der Waals surface area contributed by atoms with E-state index in [1.807, 2.05) is 0 Å². The van der Waals surface area contributed by atoms with Gasteiger partial charge < -0.3 is 15.4 Å². The molecule has 7 nitrogen and oxygen atoms in total. The predicted octanol–water partition coefficient (Wildman–Crippen LogP) is 5.55. The highest BCUT2D eigenvalue weighted by atomic mass is 19.4. The van der Waals surface area contributed by atoms with Crippen LogP contribution in [0.25, 0.3) is 22.0 Å². The topological polar surface area (TPSA) is 81.1 Å². The number of carbonyl (C=O) groups excluding carboxylic acids is 1. The van der Waals surface area contributed by atoms with Gasteiger partial charge in [-0.05, 0) is 35.9 Å². The Morgan fingerprint density at radius 2 is 1.91 bits per heavy atom. The molecule has 0 spiro atoms. The van der Waals surface area contributed by atoms with Crippen molar-refractivity contribution in [1.29, 1.82) is 0 Å². The molecule has 2 aromatic heterocycles. The zero-order valence-corrected chi connectivity index (χ0v) is 17.9. The van der Waals surface area contributed by atoms with Crippen LogP contribution >= 0.6 is 0 Å². The number of alkyl halides is 3. The van der Waals surface area contributed by atoms with Crippen molar-refractivity contribution in [3.63, 3.8) is 0 Å². The lowest BCUT2D eigenvalue weighted by molar-refractivity contribution is -0.137. The number of carbonyl (C=O) groups is 1. The van der Waals surface area contributed by atoms with E-state index in [0.717, 1.165) is 23.0 Å². The lowest BCUT2D eigenvalue weighted by Crippen LogP contribution is -2.20. The number of hydrogen-bond acceptors (Lipinski definition) is 4. The first-order valence-corrected chi connectivity index (χ1v) is 10.1. The molecule has 0 unspecified atom stereocenters. The van der Waals surface area contributed by atoms with Gasteiger partial charge in [0.1, 0.15) is 5.82 Å². The van der Waals surface area contributed by atoms with E-state index in [-0.39, 0.29) is 11.4 Å². The summed E-state index contributed by atoms with van der Waals surface area (Å²) in [4.78, 5) is 16.4. The highest BCUT2D eigenvalue weighted by Crippen LogP contribution is 2.32. The maximum atomic E-state index is 14.8. The fraction of sp³-hybridized carbons (Fsp3) is 0.174. The van der Waals surface area contributed by atoms with E-state index in [0.29, 0.717) is 24.3 Å². The molecule has 0 fully saturated rings. The third kappa shape index (κ3) is 4.99. The monoisotopic (exact) mass is 473 g/mol. The molecule has 34 heavy (non-hydrogen) atoms. The standard InChI is InChI=1S/C23H19F4N5O2/c1-34-8-7-32-21-13-28-11-17(18(21)12-29-32)14-5-6-20(19(24)9-14)31-22(33)30-16-4-2-3-15(10-16)23(25,26)27/h2-6,9-13H,7-8H2,1H3,(H2,30,31,33). The lowest BCUT2D eigenvalue weighted by Gasteiger charge is -2.12. The van der Waals surface area contributed by atoms with Crippen LogP contribution in [0.2, 0.25) is 0 Å². The molecular weight excluding hydrogens is 454 g/mol. The summed E-state index contributed by atoms with van der Waals surface area (Å²) in [7, 11) is 1.59. The molecule has 0 saturated carbocycles. The van der Waals surface area contributed by atoms with Crippen LogP contribution in [0, 0.1) is 5.82 Å². The predicted molar refractivity (Wildman–Crippen MR) is 119 cm³/mol. The number of rotatable bonds is 6. The molecule has 4 aromatic rings. The van der Waals surface area contributed by atoms with Crippen LogP contribution in [-0.4, -0.2) is 34.5 Å².